The van der Waals surface area contributed by atoms with Crippen LogP contribution in [0.1, 0.15) is 36.0 Å². The fourth-order valence-electron chi connectivity index (χ4n) is 3.78. The Morgan fingerprint density at radius 2 is 1.89 bits per heavy atom. The first-order chi connectivity index (χ1) is 13.1. The van der Waals surface area contributed by atoms with E-state index in [1.54, 1.807) is 23.1 Å². The molecule has 0 unspecified atom stereocenters. The smallest absolute Gasteiger partial charge is 0.320 e. The highest BCUT2D eigenvalue weighted by Crippen LogP contribution is 2.28. The fourth-order valence-corrected chi connectivity index (χ4v) is 3.78. The van der Waals surface area contributed by atoms with Crippen molar-refractivity contribution in [2.75, 3.05) is 23.3 Å². The molecule has 0 atom stereocenters. The Labute approximate surface area is 157 Å². The Morgan fingerprint density at radius 3 is 2.59 bits per heavy atom. The minimum absolute atomic E-state index is 0.00228. The molecule has 1 saturated carbocycles. The maximum absolute atomic E-state index is 13.7. The van der Waals surface area contributed by atoms with E-state index < -0.39 is 11.7 Å². The quantitative estimate of drug-likeness (QED) is 0.896. The minimum atomic E-state index is -0.575. The summed E-state index contributed by atoms with van der Waals surface area (Å²) in [5.41, 5.74) is 0.426. The standard InChI is InChI=1S/C20H21FN4O2/c21-17-8-4-3-7-16(17)19(26)23-14-9-10-18(22-13-14)25-12-11-24(20(25)27)15-5-1-2-6-15/h3-4,7-10,13,15H,1-2,5-6,11-12H2,(H,23,26). The van der Waals surface area contributed by atoms with E-state index in [2.05, 4.69) is 10.3 Å². The van der Waals surface area contributed by atoms with Gasteiger partial charge in [-0.1, -0.05) is 25.0 Å². The van der Waals surface area contributed by atoms with Gasteiger partial charge in [0, 0.05) is 19.1 Å². The number of hydrogen-bond acceptors (Lipinski definition) is 3. The van der Waals surface area contributed by atoms with Gasteiger partial charge in [-0.2, -0.15) is 0 Å². The van der Waals surface area contributed by atoms with E-state index in [1.165, 1.54) is 37.2 Å². The lowest BCUT2D eigenvalue weighted by molar-refractivity contribution is 0.102. The Kier molecular flexibility index (Phi) is 4.75. The van der Waals surface area contributed by atoms with Gasteiger partial charge < -0.3 is 10.2 Å². The minimum Gasteiger partial charge on any atom is -0.320 e. The topological polar surface area (TPSA) is 65.5 Å². The highest BCUT2D eigenvalue weighted by Gasteiger charge is 2.36. The van der Waals surface area contributed by atoms with Gasteiger partial charge in [0.2, 0.25) is 0 Å². The van der Waals surface area contributed by atoms with Crippen LogP contribution in [0.2, 0.25) is 0 Å². The molecule has 2 fully saturated rings. The van der Waals surface area contributed by atoms with Crippen molar-refractivity contribution in [1.29, 1.82) is 0 Å². The average Bonchev–Trinajstić information content (AvgIpc) is 3.32. The Hall–Kier alpha value is -2.96. The van der Waals surface area contributed by atoms with Crippen LogP contribution in [-0.2, 0) is 0 Å². The molecule has 3 amide bonds. The number of hydrogen-bond donors (Lipinski definition) is 1. The molecule has 1 saturated heterocycles. The third-order valence-corrected chi connectivity index (χ3v) is 5.21. The first-order valence-corrected chi connectivity index (χ1v) is 9.23. The maximum atomic E-state index is 13.7. The van der Waals surface area contributed by atoms with Crippen molar-refractivity contribution in [1.82, 2.24) is 9.88 Å². The van der Waals surface area contributed by atoms with Gasteiger partial charge in [-0.05, 0) is 37.1 Å². The normalized spacial score (nSPS) is 17.6. The van der Waals surface area contributed by atoms with Gasteiger partial charge in [0.05, 0.1) is 17.4 Å². The second-order valence-corrected chi connectivity index (χ2v) is 6.90. The van der Waals surface area contributed by atoms with Crippen LogP contribution in [0, 0.1) is 5.82 Å². The Morgan fingerprint density at radius 1 is 1.11 bits per heavy atom. The molecule has 1 aliphatic carbocycles. The number of urea groups is 1. The molecule has 0 spiro atoms. The van der Waals surface area contributed by atoms with E-state index in [9.17, 15) is 14.0 Å². The summed E-state index contributed by atoms with van der Waals surface area (Å²) in [4.78, 5) is 32.8. The average molecular weight is 368 g/mol. The zero-order chi connectivity index (χ0) is 18.8. The third kappa shape index (κ3) is 3.49. The third-order valence-electron chi connectivity index (χ3n) is 5.21. The SMILES string of the molecule is O=C(Nc1ccc(N2CCN(C3CCCC3)C2=O)nc1)c1ccccc1F. The van der Waals surface area contributed by atoms with Gasteiger partial charge in [0.25, 0.3) is 5.91 Å². The molecular formula is C20H21FN4O2. The molecule has 2 heterocycles. The van der Waals surface area contributed by atoms with Crippen molar-refractivity contribution in [3.05, 3.63) is 54.0 Å². The first kappa shape index (κ1) is 17.5. The number of nitrogens with one attached hydrogen (secondary N) is 1. The van der Waals surface area contributed by atoms with Crippen molar-refractivity contribution < 1.29 is 14.0 Å². The Bertz CT molecular complexity index is 849. The molecular weight excluding hydrogens is 347 g/mol. The summed E-state index contributed by atoms with van der Waals surface area (Å²) in [6.45, 7) is 1.33. The molecule has 0 bridgehead atoms. The second kappa shape index (κ2) is 7.34. The van der Waals surface area contributed by atoms with Crippen LogP contribution in [0.3, 0.4) is 0 Å². The lowest BCUT2D eigenvalue weighted by Crippen LogP contribution is -2.38. The molecule has 0 radical (unpaired) electrons. The molecule has 6 nitrogen and oxygen atoms in total. The van der Waals surface area contributed by atoms with Crippen molar-refractivity contribution >= 4 is 23.4 Å². The summed E-state index contributed by atoms with van der Waals surface area (Å²) in [6, 6.07) is 9.52. The number of carbonyl (C=O) groups is 2. The predicted octanol–water partition coefficient (Wildman–Crippen LogP) is 3.66. The van der Waals surface area contributed by atoms with Gasteiger partial charge in [-0.3, -0.25) is 9.69 Å². The summed E-state index contributed by atoms with van der Waals surface area (Å²) in [5.74, 6) is -0.550. The van der Waals surface area contributed by atoms with Gasteiger partial charge in [-0.25, -0.2) is 14.2 Å². The van der Waals surface area contributed by atoms with E-state index in [4.69, 9.17) is 0 Å². The number of rotatable bonds is 4. The summed E-state index contributed by atoms with van der Waals surface area (Å²) in [6.07, 6.45) is 6.01. The number of anilines is 2. The molecule has 140 valence electrons. The zero-order valence-corrected chi connectivity index (χ0v) is 14.9. The van der Waals surface area contributed by atoms with E-state index in [0.29, 0.717) is 24.1 Å². The van der Waals surface area contributed by atoms with Crippen LogP contribution < -0.4 is 10.2 Å². The number of amides is 3. The number of nitrogens with zero attached hydrogens (tertiary/aromatic N) is 3. The van der Waals surface area contributed by atoms with Crippen molar-refractivity contribution in [3.8, 4) is 0 Å². The van der Waals surface area contributed by atoms with Crippen LogP contribution in [-0.4, -0.2) is 41.0 Å². The van der Waals surface area contributed by atoms with Gasteiger partial charge >= 0.3 is 6.03 Å². The Balaban J connectivity index is 1.43. The van der Waals surface area contributed by atoms with Crippen LogP contribution in [0.15, 0.2) is 42.6 Å². The van der Waals surface area contributed by atoms with Crippen molar-refractivity contribution in [2.45, 2.75) is 31.7 Å². The zero-order valence-electron chi connectivity index (χ0n) is 14.9. The van der Waals surface area contributed by atoms with Crippen LogP contribution in [0.4, 0.5) is 20.7 Å². The highest BCUT2D eigenvalue weighted by molar-refractivity contribution is 6.04. The molecule has 2 aliphatic rings. The summed E-state index contributed by atoms with van der Waals surface area (Å²) in [5, 5.41) is 2.63. The molecule has 1 N–H and O–H groups in total. The monoisotopic (exact) mass is 368 g/mol. The first-order valence-electron chi connectivity index (χ1n) is 9.23. The largest absolute Gasteiger partial charge is 0.326 e. The lowest BCUT2D eigenvalue weighted by Gasteiger charge is -2.23. The molecule has 1 aliphatic heterocycles. The molecule has 2 aromatic rings. The van der Waals surface area contributed by atoms with E-state index in [0.717, 1.165) is 19.4 Å². The number of aromatic nitrogens is 1. The number of pyridine rings is 1. The highest BCUT2D eigenvalue weighted by atomic mass is 19.1. The molecule has 1 aromatic heterocycles. The van der Waals surface area contributed by atoms with Crippen molar-refractivity contribution in [2.24, 2.45) is 0 Å². The van der Waals surface area contributed by atoms with E-state index in [-0.39, 0.29) is 11.6 Å². The number of carbonyl (C=O) groups excluding carboxylic acids is 2. The van der Waals surface area contributed by atoms with Gasteiger partial charge in [-0.15, -0.1) is 0 Å². The number of halogens is 1. The second-order valence-electron chi connectivity index (χ2n) is 6.90. The van der Waals surface area contributed by atoms with Crippen LogP contribution >= 0.6 is 0 Å². The van der Waals surface area contributed by atoms with Crippen LogP contribution in [0.5, 0.6) is 0 Å². The molecule has 4 rings (SSSR count). The van der Waals surface area contributed by atoms with Crippen molar-refractivity contribution in [3.63, 3.8) is 0 Å². The molecule has 27 heavy (non-hydrogen) atoms. The van der Waals surface area contributed by atoms with Gasteiger partial charge in [0.1, 0.15) is 11.6 Å². The number of benzene rings is 1. The van der Waals surface area contributed by atoms with Gasteiger partial charge in [0.15, 0.2) is 0 Å². The molecule has 1 aromatic carbocycles. The fraction of sp³-hybridized carbons (Fsp3) is 0.350. The predicted molar refractivity (Wildman–Crippen MR) is 100 cm³/mol. The summed E-state index contributed by atoms with van der Waals surface area (Å²) in [7, 11) is 0. The molecule has 7 heteroatoms. The maximum Gasteiger partial charge on any atom is 0.326 e. The lowest BCUT2D eigenvalue weighted by atomic mass is 10.2. The van der Waals surface area contributed by atoms with E-state index in [1.807, 2.05) is 4.90 Å². The summed E-state index contributed by atoms with van der Waals surface area (Å²) < 4.78 is 13.7. The van der Waals surface area contributed by atoms with E-state index >= 15 is 0 Å². The summed E-state index contributed by atoms with van der Waals surface area (Å²) >= 11 is 0. The van der Waals surface area contributed by atoms with Crippen LogP contribution in [0.25, 0.3) is 0 Å².